The highest BCUT2D eigenvalue weighted by atomic mass is 19.4. The first kappa shape index (κ1) is 26.4. The Balaban J connectivity index is 1.34. The van der Waals surface area contributed by atoms with Gasteiger partial charge in [0.25, 0.3) is 0 Å². The molecule has 3 aromatic heterocycles. The highest BCUT2D eigenvalue weighted by Crippen LogP contribution is 2.40. The minimum atomic E-state index is -4.17. The third-order valence-electron chi connectivity index (χ3n) is 7.86. The average Bonchev–Trinajstić information content (AvgIpc) is 3.39. The molecule has 3 aromatic rings. The average molecular weight is 530 g/mol. The predicted octanol–water partition coefficient (Wildman–Crippen LogP) is 6.04. The fourth-order valence-electron chi connectivity index (χ4n) is 5.73. The molecular formula is C27H34F3N7O. The smallest absolute Gasteiger partial charge is 0.389 e. The molecule has 0 spiro atoms. The van der Waals surface area contributed by atoms with E-state index in [2.05, 4.69) is 20.4 Å². The molecule has 4 heterocycles. The van der Waals surface area contributed by atoms with Crippen LogP contribution in [0.2, 0.25) is 0 Å². The van der Waals surface area contributed by atoms with Crippen molar-refractivity contribution in [2.75, 3.05) is 11.1 Å². The number of hydrogen-bond acceptors (Lipinski definition) is 7. The third-order valence-corrected chi connectivity index (χ3v) is 7.86. The zero-order valence-electron chi connectivity index (χ0n) is 21.9. The molecule has 1 saturated carbocycles. The molecule has 0 saturated heterocycles. The standard InChI is InChI=1S/C27H34F3N7O/c1-15-18(5-4-13-27(28,29)30)22-21(32-15)11-10-20(34-22)19-12-14-37-23(19)24(31)35-25(36-37)33-17-8-6-16(7-9-17)26(2,3)38/h10-12,14,16-18,38H,4-9,13H2,1-3H3,(H3,31,33,35,36). The SMILES string of the molecule is CC1=Nc2ccc(-c3ccn4nc(NC5CCC(C(C)(C)O)CC5)nc(N)c34)nc2C1CCCC(F)(F)F. The Morgan fingerprint density at radius 1 is 1.11 bits per heavy atom. The zero-order chi connectivity index (χ0) is 27.2. The number of hydrogen-bond donors (Lipinski definition) is 3. The van der Waals surface area contributed by atoms with Crippen molar-refractivity contribution in [2.45, 2.75) is 89.5 Å². The largest absolute Gasteiger partial charge is 0.390 e. The van der Waals surface area contributed by atoms with Gasteiger partial charge in [-0.15, -0.1) is 5.10 Å². The number of nitrogens with one attached hydrogen (secondary N) is 1. The number of aromatic nitrogens is 4. The van der Waals surface area contributed by atoms with Crippen LogP contribution in [0.4, 0.5) is 30.6 Å². The van der Waals surface area contributed by atoms with E-state index in [-0.39, 0.29) is 24.3 Å². The molecule has 8 nitrogen and oxygen atoms in total. The molecule has 0 amide bonds. The number of halogens is 3. The summed E-state index contributed by atoms with van der Waals surface area (Å²) in [4.78, 5) is 13.9. The number of pyridine rings is 1. The molecule has 2 aliphatic rings. The third kappa shape index (κ3) is 5.48. The highest BCUT2D eigenvalue weighted by Gasteiger charge is 2.32. The number of anilines is 2. The molecule has 5 rings (SSSR count). The Kier molecular flexibility index (Phi) is 6.83. The van der Waals surface area contributed by atoms with Gasteiger partial charge in [-0.3, -0.25) is 4.99 Å². The van der Waals surface area contributed by atoms with Crippen molar-refractivity contribution in [3.05, 3.63) is 30.1 Å². The van der Waals surface area contributed by atoms with Crippen molar-refractivity contribution in [1.82, 2.24) is 19.6 Å². The molecule has 4 N–H and O–H groups in total. The number of nitrogen functional groups attached to an aromatic ring is 1. The van der Waals surface area contributed by atoms with Crippen LogP contribution in [0.3, 0.4) is 0 Å². The number of rotatable bonds is 7. The van der Waals surface area contributed by atoms with Crippen LogP contribution in [0, 0.1) is 5.92 Å². The molecular weight excluding hydrogens is 495 g/mol. The number of alkyl halides is 3. The van der Waals surface area contributed by atoms with E-state index >= 15 is 0 Å². The molecule has 204 valence electrons. The maximum atomic E-state index is 12.7. The number of aliphatic imine (C=N–C) groups is 1. The van der Waals surface area contributed by atoms with E-state index in [1.165, 1.54) is 0 Å². The lowest BCUT2D eigenvalue weighted by Gasteiger charge is -2.36. The fraction of sp³-hybridized carbons (Fsp3) is 0.556. The van der Waals surface area contributed by atoms with Gasteiger partial charge in [0, 0.05) is 35.9 Å². The van der Waals surface area contributed by atoms with Gasteiger partial charge in [-0.05, 0) is 83.4 Å². The summed E-state index contributed by atoms with van der Waals surface area (Å²) in [5.41, 5.74) is 9.91. The van der Waals surface area contributed by atoms with Crippen molar-refractivity contribution < 1.29 is 18.3 Å². The van der Waals surface area contributed by atoms with Gasteiger partial charge in [0.05, 0.1) is 22.7 Å². The molecule has 0 bridgehead atoms. The molecule has 1 unspecified atom stereocenters. The Morgan fingerprint density at radius 3 is 2.53 bits per heavy atom. The molecule has 1 aliphatic carbocycles. The van der Waals surface area contributed by atoms with Gasteiger partial charge >= 0.3 is 6.18 Å². The minimum Gasteiger partial charge on any atom is -0.390 e. The van der Waals surface area contributed by atoms with E-state index in [1.54, 1.807) is 10.7 Å². The Morgan fingerprint density at radius 2 is 1.84 bits per heavy atom. The normalized spacial score (nSPS) is 22.0. The fourth-order valence-corrected chi connectivity index (χ4v) is 5.73. The van der Waals surface area contributed by atoms with Crippen molar-refractivity contribution in [3.8, 4) is 11.3 Å². The van der Waals surface area contributed by atoms with E-state index < -0.39 is 18.2 Å². The number of fused-ring (bicyclic) bond motifs is 2. The molecule has 1 aliphatic heterocycles. The molecule has 1 atom stereocenters. The second-order valence-corrected chi connectivity index (χ2v) is 11.1. The van der Waals surface area contributed by atoms with Gasteiger partial charge in [-0.1, -0.05) is 0 Å². The lowest BCUT2D eigenvalue weighted by atomic mass is 9.77. The van der Waals surface area contributed by atoms with Gasteiger partial charge in [0.1, 0.15) is 5.52 Å². The molecule has 0 radical (unpaired) electrons. The quantitative estimate of drug-likeness (QED) is 0.344. The predicted molar refractivity (Wildman–Crippen MR) is 142 cm³/mol. The lowest BCUT2D eigenvalue weighted by molar-refractivity contribution is -0.135. The number of nitrogens with zero attached hydrogens (tertiary/aromatic N) is 5. The van der Waals surface area contributed by atoms with Crippen molar-refractivity contribution in [3.63, 3.8) is 0 Å². The van der Waals surface area contributed by atoms with E-state index in [0.717, 1.165) is 37.0 Å². The van der Waals surface area contributed by atoms with Crippen LogP contribution in [0.15, 0.2) is 29.4 Å². The minimum absolute atomic E-state index is 0.0253. The van der Waals surface area contributed by atoms with E-state index in [9.17, 15) is 18.3 Å². The lowest BCUT2D eigenvalue weighted by Crippen LogP contribution is -2.37. The van der Waals surface area contributed by atoms with Gasteiger partial charge in [-0.2, -0.15) is 18.2 Å². The maximum Gasteiger partial charge on any atom is 0.389 e. The highest BCUT2D eigenvalue weighted by molar-refractivity contribution is 5.96. The Labute approximate surface area is 219 Å². The van der Waals surface area contributed by atoms with E-state index in [1.807, 2.05) is 39.0 Å². The second kappa shape index (κ2) is 9.83. The monoisotopic (exact) mass is 529 g/mol. The first-order chi connectivity index (χ1) is 17.9. The van der Waals surface area contributed by atoms with Crippen LogP contribution in [0.5, 0.6) is 0 Å². The van der Waals surface area contributed by atoms with Crippen LogP contribution >= 0.6 is 0 Å². The first-order valence-electron chi connectivity index (χ1n) is 13.2. The molecule has 0 aromatic carbocycles. The van der Waals surface area contributed by atoms with Crippen LogP contribution < -0.4 is 11.1 Å². The number of aliphatic hydroxyl groups is 1. The zero-order valence-corrected chi connectivity index (χ0v) is 21.9. The summed E-state index contributed by atoms with van der Waals surface area (Å²) >= 11 is 0. The number of nitrogens with two attached hydrogens (primary N) is 1. The van der Waals surface area contributed by atoms with Crippen LogP contribution in [0.25, 0.3) is 16.8 Å². The van der Waals surface area contributed by atoms with Gasteiger partial charge < -0.3 is 16.2 Å². The Bertz CT molecular complexity index is 1350. The Hall–Kier alpha value is -3.21. The molecule has 1 fully saturated rings. The summed E-state index contributed by atoms with van der Waals surface area (Å²) in [6.07, 6.45) is 0.860. The maximum absolute atomic E-state index is 12.7. The van der Waals surface area contributed by atoms with Crippen molar-refractivity contribution in [2.24, 2.45) is 10.9 Å². The van der Waals surface area contributed by atoms with Gasteiger partial charge in [0.2, 0.25) is 5.95 Å². The topological polar surface area (TPSA) is 114 Å². The van der Waals surface area contributed by atoms with Gasteiger partial charge in [0.15, 0.2) is 5.82 Å². The molecule has 11 heteroatoms. The second-order valence-electron chi connectivity index (χ2n) is 11.1. The summed E-state index contributed by atoms with van der Waals surface area (Å²) in [5.74, 6) is 0.792. The van der Waals surface area contributed by atoms with Crippen LogP contribution in [0.1, 0.15) is 77.3 Å². The van der Waals surface area contributed by atoms with E-state index in [4.69, 9.17) is 10.7 Å². The summed E-state index contributed by atoms with van der Waals surface area (Å²) < 4.78 is 39.8. The van der Waals surface area contributed by atoms with Gasteiger partial charge in [-0.25, -0.2) is 9.50 Å². The van der Waals surface area contributed by atoms with Crippen LogP contribution in [-0.4, -0.2) is 48.2 Å². The summed E-state index contributed by atoms with van der Waals surface area (Å²) in [5, 5.41) is 18.3. The summed E-state index contributed by atoms with van der Waals surface area (Å²) in [7, 11) is 0. The summed E-state index contributed by atoms with van der Waals surface area (Å²) in [6, 6.07) is 5.77. The first-order valence-corrected chi connectivity index (χ1v) is 13.2. The van der Waals surface area contributed by atoms with Crippen molar-refractivity contribution >= 4 is 28.7 Å². The molecule has 38 heavy (non-hydrogen) atoms. The van der Waals surface area contributed by atoms with Crippen LogP contribution in [-0.2, 0) is 0 Å². The van der Waals surface area contributed by atoms with E-state index in [0.29, 0.717) is 40.8 Å². The van der Waals surface area contributed by atoms with Crippen molar-refractivity contribution in [1.29, 1.82) is 0 Å². The summed E-state index contributed by atoms with van der Waals surface area (Å²) in [6.45, 7) is 5.57.